The van der Waals surface area contributed by atoms with E-state index in [-0.39, 0.29) is 11.9 Å². The summed E-state index contributed by atoms with van der Waals surface area (Å²) in [6.07, 6.45) is 3.67. The van der Waals surface area contributed by atoms with Crippen molar-refractivity contribution in [3.8, 4) is 0 Å². The molecular weight excluding hydrogens is 324 g/mol. The molecule has 8 heteroatoms. The highest BCUT2D eigenvalue weighted by atomic mass is 32.1. The number of aromatic nitrogens is 4. The van der Waals surface area contributed by atoms with E-state index in [1.807, 2.05) is 17.2 Å². The SMILES string of the molecule is CCNc1nc(C(=O)N2CCCC2c2nncn2CC(C)C)cs1. The smallest absolute Gasteiger partial charge is 0.274 e. The third-order valence-corrected chi connectivity index (χ3v) is 4.87. The van der Waals surface area contributed by atoms with Gasteiger partial charge >= 0.3 is 0 Å². The first kappa shape index (κ1) is 16.9. The van der Waals surface area contributed by atoms with Crippen LogP contribution in [-0.2, 0) is 6.54 Å². The van der Waals surface area contributed by atoms with Crippen LogP contribution in [0.1, 0.15) is 56.0 Å². The molecule has 130 valence electrons. The molecule has 1 amide bonds. The molecule has 1 N–H and O–H groups in total. The first-order valence-electron chi connectivity index (χ1n) is 8.48. The van der Waals surface area contributed by atoms with Gasteiger partial charge < -0.3 is 14.8 Å². The zero-order valence-corrected chi connectivity index (χ0v) is 15.2. The van der Waals surface area contributed by atoms with Gasteiger partial charge in [0.15, 0.2) is 11.0 Å². The van der Waals surface area contributed by atoms with Gasteiger partial charge in [0.25, 0.3) is 5.91 Å². The normalized spacial score (nSPS) is 17.7. The summed E-state index contributed by atoms with van der Waals surface area (Å²) in [6, 6.07) is -0.0111. The third kappa shape index (κ3) is 3.43. The molecule has 3 heterocycles. The van der Waals surface area contributed by atoms with Crippen LogP contribution in [-0.4, -0.2) is 43.6 Å². The molecule has 0 aromatic carbocycles. The maximum absolute atomic E-state index is 12.9. The summed E-state index contributed by atoms with van der Waals surface area (Å²) in [6.45, 7) is 8.75. The fourth-order valence-electron chi connectivity index (χ4n) is 3.09. The number of nitrogens with one attached hydrogen (secondary N) is 1. The van der Waals surface area contributed by atoms with Crippen molar-refractivity contribution >= 4 is 22.4 Å². The largest absolute Gasteiger partial charge is 0.362 e. The maximum atomic E-state index is 12.9. The fraction of sp³-hybridized carbons (Fsp3) is 0.625. The molecular formula is C16H24N6OS. The van der Waals surface area contributed by atoms with E-state index in [0.29, 0.717) is 11.6 Å². The molecule has 1 unspecified atom stereocenters. The van der Waals surface area contributed by atoms with E-state index < -0.39 is 0 Å². The Kier molecular flexibility index (Phi) is 5.13. The van der Waals surface area contributed by atoms with Crippen molar-refractivity contribution in [2.24, 2.45) is 5.92 Å². The first-order chi connectivity index (χ1) is 11.6. The molecule has 1 atom stereocenters. The Morgan fingerprint density at radius 2 is 2.33 bits per heavy atom. The molecule has 1 aliphatic heterocycles. The average molecular weight is 348 g/mol. The van der Waals surface area contributed by atoms with Crippen LogP contribution in [0, 0.1) is 5.92 Å². The van der Waals surface area contributed by atoms with E-state index >= 15 is 0 Å². The molecule has 0 spiro atoms. The predicted molar refractivity (Wildman–Crippen MR) is 94.1 cm³/mol. The number of hydrogen-bond donors (Lipinski definition) is 1. The van der Waals surface area contributed by atoms with Crippen molar-refractivity contribution in [3.05, 3.63) is 23.2 Å². The van der Waals surface area contributed by atoms with Crippen LogP contribution >= 0.6 is 11.3 Å². The Morgan fingerprint density at radius 3 is 3.08 bits per heavy atom. The van der Waals surface area contributed by atoms with Gasteiger partial charge in [-0.05, 0) is 25.7 Å². The van der Waals surface area contributed by atoms with E-state index in [1.54, 1.807) is 6.33 Å². The quantitative estimate of drug-likeness (QED) is 0.869. The molecule has 24 heavy (non-hydrogen) atoms. The standard InChI is InChI=1S/C16H24N6OS/c1-4-17-16-19-12(9-24-16)15(23)22-7-5-6-13(22)14-20-18-10-21(14)8-11(2)3/h9-11,13H,4-8H2,1-3H3,(H,17,19). The lowest BCUT2D eigenvalue weighted by Crippen LogP contribution is -2.32. The van der Waals surface area contributed by atoms with Gasteiger partial charge in [-0.2, -0.15) is 0 Å². The molecule has 2 aromatic heterocycles. The maximum Gasteiger partial charge on any atom is 0.274 e. The van der Waals surface area contributed by atoms with Gasteiger partial charge in [0.1, 0.15) is 12.0 Å². The summed E-state index contributed by atoms with van der Waals surface area (Å²) in [5, 5.41) is 14.1. The molecule has 3 rings (SSSR count). The number of carbonyl (C=O) groups is 1. The second-order valence-electron chi connectivity index (χ2n) is 6.46. The molecule has 1 aliphatic rings. The molecule has 0 bridgehead atoms. The summed E-state index contributed by atoms with van der Waals surface area (Å²) in [5.41, 5.74) is 0.512. The van der Waals surface area contributed by atoms with Crippen LogP contribution in [0.2, 0.25) is 0 Å². The Morgan fingerprint density at radius 1 is 1.50 bits per heavy atom. The second-order valence-corrected chi connectivity index (χ2v) is 7.32. The monoisotopic (exact) mass is 348 g/mol. The number of anilines is 1. The number of likely N-dealkylation sites (tertiary alicyclic amines) is 1. The van der Waals surface area contributed by atoms with Crippen LogP contribution in [0.4, 0.5) is 5.13 Å². The van der Waals surface area contributed by atoms with Crippen molar-refractivity contribution in [2.75, 3.05) is 18.4 Å². The van der Waals surface area contributed by atoms with Gasteiger partial charge in [0.2, 0.25) is 0 Å². The predicted octanol–water partition coefficient (Wildman–Crippen LogP) is 2.80. The Hall–Kier alpha value is -1.96. The van der Waals surface area contributed by atoms with E-state index in [9.17, 15) is 4.79 Å². The average Bonchev–Trinajstić information content (AvgIpc) is 3.25. The minimum atomic E-state index is -0.0167. The van der Waals surface area contributed by atoms with E-state index in [2.05, 4.69) is 38.9 Å². The second kappa shape index (κ2) is 7.29. The van der Waals surface area contributed by atoms with E-state index in [4.69, 9.17) is 0 Å². The number of carbonyl (C=O) groups excluding carboxylic acids is 1. The molecule has 1 saturated heterocycles. The number of hydrogen-bond acceptors (Lipinski definition) is 6. The van der Waals surface area contributed by atoms with Gasteiger partial charge in [-0.15, -0.1) is 21.5 Å². The topological polar surface area (TPSA) is 75.9 Å². The summed E-state index contributed by atoms with van der Waals surface area (Å²) in [7, 11) is 0. The lowest BCUT2D eigenvalue weighted by atomic mass is 10.1. The number of thiazole rings is 1. The van der Waals surface area contributed by atoms with Crippen LogP contribution in [0.15, 0.2) is 11.7 Å². The molecule has 0 radical (unpaired) electrons. The van der Waals surface area contributed by atoms with E-state index in [0.717, 1.165) is 43.4 Å². The summed E-state index contributed by atoms with van der Waals surface area (Å²) in [4.78, 5) is 19.2. The lowest BCUT2D eigenvalue weighted by molar-refractivity contribution is 0.0721. The van der Waals surface area contributed by atoms with Crippen molar-refractivity contribution in [1.82, 2.24) is 24.6 Å². The Bertz CT molecular complexity index is 694. The van der Waals surface area contributed by atoms with Crippen LogP contribution < -0.4 is 5.32 Å². The van der Waals surface area contributed by atoms with Gasteiger partial charge in [0.05, 0.1) is 6.04 Å². The molecule has 7 nitrogen and oxygen atoms in total. The van der Waals surface area contributed by atoms with Crippen LogP contribution in [0.25, 0.3) is 0 Å². The Balaban J connectivity index is 1.80. The number of amides is 1. The van der Waals surface area contributed by atoms with E-state index in [1.165, 1.54) is 11.3 Å². The minimum Gasteiger partial charge on any atom is -0.362 e. The summed E-state index contributed by atoms with van der Waals surface area (Å²) >= 11 is 1.47. The zero-order chi connectivity index (χ0) is 17.1. The minimum absolute atomic E-state index is 0.0111. The van der Waals surface area contributed by atoms with Crippen LogP contribution in [0.5, 0.6) is 0 Å². The molecule has 0 aliphatic carbocycles. The highest BCUT2D eigenvalue weighted by molar-refractivity contribution is 7.13. The van der Waals surface area contributed by atoms with Crippen molar-refractivity contribution in [2.45, 2.75) is 46.2 Å². The van der Waals surface area contributed by atoms with Gasteiger partial charge in [-0.1, -0.05) is 13.8 Å². The third-order valence-electron chi connectivity index (χ3n) is 4.07. The number of rotatable bonds is 6. The zero-order valence-electron chi connectivity index (χ0n) is 14.4. The Labute approximate surface area is 146 Å². The fourth-order valence-corrected chi connectivity index (χ4v) is 3.84. The summed E-state index contributed by atoms with van der Waals surface area (Å²) < 4.78 is 2.08. The van der Waals surface area contributed by atoms with Gasteiger partial charge in [-0.3, -0.25) is 4.79 Å². The molecule has 0 saturated carbocycles. The highest BCUT2D eigenvalue weighted by Gasteiger charge is 2.34. The highest BCUT2D eigenvalue weighted by Crippen LogP contribution is 2.32. The van der Waals surface area contributed by atoms with Crippen molar-refractivity contribution in [1.29, 1.82) is 0 Å². The van der Waals surface area contributed by atoms with Gasteiger partial charge in [-0.25, -0.2) is 4.98 Å². The van der Waals surface area contributed by atoms with Crippen molar-refractivity contribution < 1.29 is 4.79 Å². The lowest BCUT2D eigenvalue weighted by Gasteiger charge is -2.24. The summed E-state index contributed by atoms with van der Waals surface area (Å²) in [5.74, 6) is 1.38. The molecule has 1 fully saturated rings. The first-order valence-corrected chi connectivity index (χ1v) is 9.36. The van der Waals surface area contributed by atoms with Crippen LogP contribution in [0.3, 0.4) is 0 Å². The van der Waals surface area contributed by atoms with Crippen molar-refractivity contribution in [3.63, 3.8) is 0 Å². The molecule has 2 aromatic rings. The van der Waals surface area contributed by atoms with Gasteiger partial charge in [0, 0.05) is 25.0 Å². The number of nitrogens with zero attached hydrogens (tertiary/aromatic N) is 5.